The molecule has 0 aromatic heterocycles. The van der Waals surface area contributed by atoms with E-state index >= 15 is 0 Å². The van der Waals surface area contributed by atoms with Gasteiger partial charge in [-0.25, -0.2) is 0 Å². The molecule has 0 aliphatic rings. The summed E-state index contributed by atoms with van der Waals surface area (Å²) in [6.07, 6.45) is 0. The number of primary amides is 1. The highest BCUT2D eigenvalue weighted by molar-refractivity contribution is 6.04. The number of carbonyl (C=O) groups is 3. The van der Waals surface area contributed by atoms with Gasteiger partial charge in [0.05, 0.1) is 17.8 Å². The van der Waals surface area contributed by atoms with Crippen LogP contribution in [0.1, 0.15) is 40.1 Å². The molecule has 2 rings (SSSR count). The Hall–Kier alpha value is -3.35. The third-order valence-corrected chi connectivity index (χ3v) is 4.08. The second-order valence-electron chi connectivity index (χ2n) is 6.95. The van der Waals surface area contributed by atoms with Crippen molar-refractivity contribution in [1.82, 2.24) is 5.32 Å². The summed E-state index contributed by atoms with van der Waals surface area (Å²) in [6.45, 7) is 6.41. The molecule has 0 bridgehead atoms. The molecule has 2 aromatic carbocycles. The standard InChI is InChI=1S/C21H26N4O3/c1-13(2)11-24-21(28)16-6-4-5-7-17(16)25-19(26)12-23-18-10-15(20(22)27)9-8-14(18)3/h4-10,13,23H,11-12H2,1-3H3,(H2,22,27)(H,24,28)(H,25,26). The molecule has 0 aliphatic carbocycles. The van der Waals surface area contributed by atoms with Gasteiger partial charge < -0.3 is 21.7 Å². The molecule has 148 valence electrons. The molecule has 7 heteroatoms. The van der Waals surface area contributed by atoms with Crippen molar-refractivity contribution in [1.29, 1.82) is 0 Å². The smallest absolute Gasteiger partial charge is 0.253 e. The lowest BCUT2D eigenvalue weighted by atomic mass is 10.1. The molecular weight excluding hydrogens is 356 g/mol. The monoisotopic (exact) mass is 382 g/mol. The summed E-state index contributed by atoms with van der Waals surface area (Å²) in [5.74, 6) is -0.751. The molecule has 0 radical (unpaired) electrons. The van der Waals surface area contributed by atoms with Crippen molar-refractivity contribution >= 4 is 29.1 Å². The van der Waals surface area contributed by atoms with Gasteiger partial charge in [0.1, 0.15) is 0 Å². The van der Waals surface area contributed by atoms with Gasteiger partial charge in [-0.15, -0.1) is 0 Å². The molecule has 0 saturated heterocycles. The summed E-state index contributed by atoms with van der Waals surface area (Å²) in [7, 11) is 0. The number of hydrogen-bond donors (Lipinski definition) is 4. The van der Waals surface area contributed by atoms with E-state index < -0.39 is 5.91 Å². The lowest BCUT2D eigenvalue weighted by Crippen LogP contribution is -2.29. The Morgan fingerprint density at radius 3 is 2.43 bits per heavy atom. The minimum Gasteiger partial charge on any atom is -0.376 e. The Bertz CT molecular complexity index is 878. The van der Waals surface area contributed by atoms with Crippen LogP contribution >= 0.6 is 0 Å². The van der Waals surface area contributed by atoms with Crippen LogP contribution < -0.4 is 21.7 Å². The van der Waals surface area contributed by atoms with Gasteiger partial charge in [-0.3, -0.25) is 14.4 Å². The third kappa shape index (κ3) is 5.84. The number of hydrogen-bond acceptors (Lipinski definition) is 4. The molecule has 7 nitrogen and oxygen atoms in total. The number of aryl methyl sites for hydroxylation is 1. The van der Waals surface area contributed by atoms with Crippen molar-refractivity contribution in [3.05, 3.63) is 59.2 Å². The number of nitrogens with two attached hydrogens (primary N) is 1. The first-order valence-electron chi connectivity index (χ1n) is 9.09. The molecule has 0 spiro atoms. The summed E-state index contributed by atoms with van der Waals surface area (Å²) in [5.41, 5.74) is 8.03. The van der Waals surface area contributed by atoms with Gasteiger partial charge in [-0.2, -0.15) is 0 Å². The first-order chi connectivity index (χ1) is 13.3. The van der Waals surface area contributed by atoms with Crippen molar-refractivity contribution in [2.75, 3.05) is 23.7 Å². The van der Waals surface area contributed by atoms with E-state index in [9.17, 15) is 14.4 Å². The van der Waals surface area contributed by atoms with E-state index in [1.165, 1.54) is 0 Å². The number of rotatable bonds is 8. The Morgan fingerprint density at radius 1 is 1.04 bits per heavy atom. The van der Waals surface area contributed by atoms with E-state index in [0.29, 0.717) is 35.0 Å². The maximum atomic E-state index is 12.4. The van der Waals surface area contributed by atoms with Gasteiger partial charge in [-0.05, 0) is 42.7 Å². The Balaban J connectivity index is 2.03. The van der Waals surface area contributed by atoms with Crippen molar-refractivity contribution < 1.29 is 14.4 Å². The molecule has 2 aromatic rings. The topological polar surface area (TPSA) is 113 Å². The molecule has 0 atom stereocenters. The highest BCUT2D eigenvalue weighted by Gasteiger charge is 2.13. The van der Waals surface area contributed by atoms with Crippen LogP contribution in [-0.4, -0.2) is 30.8 Å². The average Bonchev–Trinajstić information content (AvgIpc) is 2.65. The van der Waals surface area contributed by atoms with Gasteiger partial charge in [0.15, 0.2) is 0 Å². The quantitative estimate of drug-likeness (QED) is 0.562. The minimum atomic E-state index is -0.533. The van der Waals surface area contributed by atoms with Crippen LogP contribution in [0, 0.1) is 12.8 Å². The minimum absolute atomic E-state index is 0.0228. The Labute approximate surface area is 164 Å². The summed E-state index contributed by atoms with van der Waals surface area (Å²) in [4.78, 5) is 36.0. The Morgan fingerprint density at radius 2 is 1.75 bits per heavy atom. The maximum Gasteiger partial charge on any atom is 0.253 e. The molecular formula is C21H26N4O3. The SMILES string of the molecule is Cc1ccc(C(N)=O)cc1NCC(=O)Nc1ccccc1C(=O)NCC(C)C. The van der Waals surface area contributed by atoms with Gasteiger partial charge >= 0.3 is 0 Å². The fraction of sp³-hybridized carbons (Fsp3) is 0.286. The highest BCUT2D eigenvalue weighted by Crippen LogP contribution is 2.18. The summed E-state index contributed by atoms with van der Waals surface area (Å²) in [5, 5.41) is 8.59. The van der Waals surface area contributed by atoms with Crippen molar-refractivity contribution in [2.24, 2.45) is 11.7 Å². The largest absolute Gasteiger partial charge is 0.376 e. The fourth-order valence-electron chi connectivity index (χ4n) is 2.52. The first kappa shape index (κ1) is 21.0. The van der Waals surface area contributed by atoms with Crippen molar-refractivity contribution in [2.45, 2.75) is 20.8 Å². The van der Waals surface area contributed by atoms with E-state index in [4.69, 9.17) is 5.73 Å². The molecule has 3 amide bonds. The number of carbonyl (C=O) groups excluding carboxylic acids is 3. The normalized spacial score (nSPS) is 10.4. The second kappa shape index (κ2) is 9.55. The summed E-state index contributed by atoms with van der Waals surface area (Å²) in [6, 6.07) is 11.8. The lowest BCUT2D eigenvalue weighted by Gasteiger charge is -2.14. The zero-order valence-electron chi connectivity index (χ0n) is 16.3. The number of anilines is 2. The van der Waals surface area contributed by atoms with Gasteiger partial charge in [0.2, 0.25) is 11.8 Å². The zero-order valence-corrected chi connectivity index (χ0v) is 16.3. The number of benzene rings is 2. The maximum absolute atomic E-state index is 12.4. The average molecular weight is 382 g/mol. The van der Waals surface area contributed by atoms with Gasteiger partial charge in [0, 0.05) is 17.8 Å². The van der Waals surface area contributed by atoms with Crippen molar-refractivity contribution in [3.63, 3.8) is 0 Å². The van der Waals surface area contributed by atoms with Crippen LogP contribution in [0.25, 0.3) is 0 Å². The summed E-state index contributed by atoms with van der Waals surface area (Å²) < 4.78 is 0. The Kier molecular flexibility index (Phi) is 7.14. The number of para-hydroxylation sites is 1. The molecule has 0 fully saturated rings. The van der Waals surface area contributed by atoms with E-state index in [1.807, 2.05) is 20.8 Å². The van der Waals surface area contributed by atoms with E-state index in [0.717, 1.165) is 5.56 Å². The van der Waals surface area contributed by atoms with E-state index in [2.05, 4.69) is 16.0 Å². The van der Waals surface area contributed by atoms with E-state index in [1.54, 1.807) is 42.5 Å². The summed E-state index contributed by atoms with van der Waals surface area (Å²) >= 11 is 0. The molecule has 0 aliphatic heterocycles. The zero-order chi connectivity index (χ0) is 20.7. The molecule has 28 heavy (non-hydrogen) atoms. The number of amides is 3. The second-order valence-corrected chi connectivity index (χ2v) is 6.95. The van der Waals surface area contributed by atoms with Crippen LogP contribution in [-0.2, 0) is 4.79 Å². The third-order valence-electron chi connectivity index (χ3n) is 4.08. The van der Waals surface area contributed by atoms with Crippen LogP contribution in [0.3, 0.4) is 0 Å². The highest BCUT2D eigenvalue weighted by atomic mass is 16.2. The van der Waals surface area contributed by atoms with Crippen LogP contribution in [0.4, 0.5) is 11.4 Å². The fourth-order valence-corrected chi connectivity index (χ4v) is 2.52. The van der Waals surface area contributed by atoms with Crippen LogP contribution in [0.2, 0.25) is 0 Å². The van der Waals surface area contributed by atoms with Gasteiger partial charge in [0.25, 0.3) is 5.91 Å². The van der Waals surface area contributed by atoms with Crippen molar-refractivity contribution in [3.8, 4) is 0 Å². The first-order valence-corrected chi connectivity index (χ1v) is 9.09. The lowest BCUT2D eigenvalue weighted by molar-refractivity contribution is -0.114. The van der Waals surface area contributed by atoms with E-state index in [-0.39, 0.29) is 18.4 Å². The number of nitrogens with one attached hydrogen (secondary N) is 3. The van der Waals surface area contributed by atoms with Crippen LogP contribution in [0.5, 0.6) is 0 Å². The van der Waals surface area contributed by atoms with Crippen LogP contribution in [0.15, 0.2) is 42.5 Å². The predicted octanol–water partition coefficient (Wildman–Crippen LogP) is 2.53. The predicted molar refractivity (Wildman–Crippen MR) is 110 cm³/mol. The molecule has 0 heterocycles. The molecule has 0 unspecified atom stereocenters. The molecule has 5 N–H and O–H groups in total. The molecule has 0 saturated carbocycles. The van der Waals surface area contributed by atoms with Gasteiger partial charge in [-0.1, -0.05) is 32.0 Å².